The Morgan fingerprint density at radius 1 is 1.50 bits per heavy atom. The van der Waals surface area contributed by atoms with Crippen LogP contribution >= 0.6 is 11.6 Å². The summed E-state index contributed by atoms with van der Waals surface area (Å²) in [5.41, 5.74) is 1.67. The largest absolute Gasteiger partial charge is 0.506 e. The standard InChI is InChI=1S/C10H14ClNO2/c1-7-2-3-10(14)9(4-7)12-6-8(13)5-11/h2-4,8,12-14H,5-6H2,1H3. The van der Waals surface area contributed by atoms with Crippen LogP contribution in [0.5, 0.6) is 5.75 Å². The lowest BCUT2D eigenvalue weighted by molar-refractivity contribution is 0.211. The van der Waals surface area contributed by atoms with Gasteiger partial charge in [0.05, 0.1) is 17.7 Å². The lowest BCUT2D eigenvalue weighted by atomic mass is 10.2. The van der Waals surface area contributed by atoms with Crippen LogP contribution < -0.4 is 5.32 Å². The van der Waals surface area contributed by atoms with E-state index in [2.05, 4.69) is 5.32 Å². The van der Waals surface area contributed by atoms with Crippen LogP contribution in [0.15, 0.2) is 18.2 Å². The molecule has 0 saturated heterocycles. The molecule has 1 atom stereocenters. The van der Waals surface area contributed by atoms with Gasteiger partial charge in [0.25, 0.3) is 0 Å². The molecular formula is C10H14ClNO2. The third-order valence-electron chi connectivity index (χ3n) is 1.86. The number of aliphatic hydroxyl groups is 1. The lowest BCUT2D eigenvalue weighted by Crippen LogP contribution is -2.20. The quantitative estimate of drug-likeness (QED) is 0.530. The number of benzene rings is 1. The Morgan fingerprint density at radius 2 is 2.21 bits per heavy atom. The molecule has 0 heterocycles. The SMILES string of the molecule is Cc1ccc(O)c(NCC(O)CCl)c1. The van der Waals surface area contributed by atoms with Crippen LogP contribution in [0.4, 0.5) is 5.69 Å². The molecule has 0 radical (unpaired) electrons. The summed E-state index contributed by atoms with van der Waals surface area (Å²) in [5, 5.41) is 21.6. The molecule has 0 aliphatic rings. The number of anilines is 1. The number of halogens is 1. The van der Waals surface area contributed by atoms with Crippen molar-refractivity contribution in [3.8, 4) is 5.75 Å². The molecule has 0 spiro atoms. The van der Waals surface area contributed by atoms with Crippen molar-refractivity contribution in [2.24, 2.45) is 0 Å². The fourth-order valence-electron chi connectivity index (χ4n) is 1.07. The Kier molecular flexibility index (Phi) is 4.04. The average Bonchev–Trinajstić information content (AvgIpc) is 2.19. The van der Waals surface area contributed by atoms with Crippen LogP contribution in [0, 0.1) is 6.92 Å². The normalized spacial score (nSPS) is 12.5. The average molecular weight is 216 g/mol. The number of alkyl halides is 1. The van der Waals surface area contributed by atoms with E-state index >= 15 is 0 Å². The molecule has 0 amide bonds. The molecule has 1 rings (SSSR count). The highest BCUT2D eigenvalue weighted by Gasteiger charge is 2.04. The minimum absolute atomic E-state index is 0.178. The molecule has 0 fully saturated rings. The van der Waals surface area contributed by atoms with E-state index < -0.39 is 6.10 Å². The van der Waals surface area contributed by atoms with Crippen LogP contribution in [-0.2, 0) is 0 Å². The molecule has 1 unspecified atom stereocenters. The first-order chi connectivity index (χ1) is 6.63. The highest BCUT2D eigenvalue weighted by Crippen LogP contribution is 2.23. The van der Waals surface area contributed by atoms with Gasteiger partial charge in [0.15, 0.2) is 0 Å². The van der Waals surface area contributed by atoms with Crippen molar-refractivity contribution in [2.45, 2.75) is 13.0 Å². The van der Waals surface area contributed by atoms with Gasteiger partial charge in [-0.05, 0) is 24.6 Å². The Bertz CT molecular complexity index is 304. The summed E-state index contributed by atoms with van der Waals surface area (Å²) in [6.07, 6.45) is -0.600. The van der Waals surface area contributed by atoms with E-state index in [0.29, 0.717) is 12.2 Å². The van der Waals surface area contributed by atoms with Crippen molar-refractivity contribution >= 4 is 17.3 Å². The van der Waals surface area contributed by atoms with E-state index in [-0.39, 0.29) is 11.6 Å². The van der Waals surface area contributed by atoms with Gasteiger partial charge < -0.3 is 15.5 Å². The zero-order valence-corrected chi connectivity index (χ0v) is 8.75. The molecule has 4 heteroatoms. The van der Waals surface area contributed by atoms with E-state index in [0.717, 1.165) is 5.56 Å². The van der Waals surface area contributed by atoms with Crippen molar-refractivity contribution in [1.29, 1.82) is 0 Å². The van der Waals surface area contributed by atoms with Crippen molar-refractivity contribution in [3.63, 3.8) is 0 Å². The van der Waals surface area contributed by atoms with Gasteiger partial charge in [0, 0.05) is 6.54 Å². The van der Waals surface area contributed by atoms with Crippen LogP contribution in [0.1, 0.15) is 5.56 Å². The van der Waals surface area contributed by atoms with E-state index in [4.69, 9.17) is 11.6 Å². The smallest absolute Gasteiger partial charge is 0.138 e. The summed E-state index contributed by atoms with van der Waals surface area (Å²) in [5.74, 6) is 0.358. The highest BCUT2D eigenvalue weighted by atomic mass is 35.5. The molecule has 1 aromatic carbocycles. The minimum Gasteiger partial charge on any atom is -0.506 e. The third-order valence-corrected chi connectivity index (χ3v) is 2.21. The molecule has 0 saturated carbocycles. The summed E-state index contributed by atoms with van der Waals surface area (Å²) in [4.78, 5) is 0. The number of rotatable bonds is 4. The summed E-state index contributed by atoms with van der Waals surface area (Å²) in [6, 6.07) is 5.25. The van der Waals surface area contributed by atoms with Crippen LogP contribution in [0.3, 0.4) is 0 Å². The third kappa shape index (κ3) is 3.09. The first-order valence-electron chi connectivity index (χ1n) is 4.41. The van der Waals surface area contributed by atoms with Crippen LogP contribution in [0.25, 0.3) is 0 Å². The predicted octanol–water partition coefficient (Wildman–Crippen LogP) is 1.71. The second-order valence-corrected chi connectivity index (χ2v) is 3.52. The predicted molar refractivity (Wildman–Crippen MR) is 58.1 cm³/mol. The zero-order valence-electron chi connectivity index (χ0n) is 8.00. The molecule has 1 aromatic rings. The number of phenols is 1. The van der Waals surface area contributed by atoms with E-state index in [9.17, 15) is 10.2 Å². The molecule has 0 aliphatic carbocycles. The number of aryl methyl sites for hydroxylation is 1. The highest BCUT2D eigenvalue weighted by molar-refractivity contribution is 6.18. The molecule has 0 aliphatic heterocycles. The first-order valence-corrected chi connectivity index (χ1v) is 4.94. The van der Waals surface area contributed by atoms with Gasteiger partial charge in [-0.25, -0.2) is 0 Å². The zero-order chi connectivity index (χ0) is 10.6. The maximum Gasteiger partial charge on any atom is 0.138 e. The van der Waals surface area contributed by atoms with Crippen molar-refractivity contribution in [2.75, 3.05) is 17.7 Å². The number of aromatic hydroxyl groups is 1. The Morgan fingerprint density at radius 3 is 2.86 bits per heavy atom. The van der Waals surface area contributed by atoms with Gasteiger partial charge in [-0.15, -0.1) is 11.6 Å². The summed E-state index contributed by atoms with van der Waals surface area (Å²) < 4.78 is 0. The number of hydrogen-bond acceptors (Lipinski definition) is 3. The number of aliphatic hydroxyl groups excluding tert-OH is 1. The number of nitrogens with one attached hydrogen (secondary N) is 1. The molecule has 14 heavy (non-hydrogen) atoms. The second kappa shape index (κ2) is 5.08. The Hall–Kier alpha value is -0.930. The fourth-order valence-corrected chi connectivity index (χ4v) is 1.18. The summed E-state index contributed by atoms with van der Waals surface area (Å²) >= 11 is 5.44. The molecule has 0 aromatic heterocycles. The molecule has 3 nitrogen and oxygen atoms in total. The van der Waals surface area contributed by atoms with Gasteiger partial charge in [0.2, 0.25) is 0 Å². The van der Waals surface area contributed by atoms with Crippen molar-refractivity contribution in [3.05, 3.63) is 23.8 Å². The van der Waals surface area contributed by atoms with Gasteiger partial charge >= 0.3 is 0 Å². The number of hydrogen-bond donors (Lipinski definition) is 3. The maximum absolute atomic E-state index is 9.44. The molecule has 78 valence electrons. The van der Waals surface area contributed by atoms with Crippen LogP contribution in [0.2, 0.25) is 0 Å². The minimum atomic E-state index is -0.600. The van der Waals surface area contributed by atoms with E-state index in [1.165, 1.54) is 0 Å². The summed E-state index contributed by atoms with van der Waals surface area (Å²) in [6.45, 7) is 2.27. The van der Waals surface area contributed by atoms with Crippen molar-refractivity contribution < 1.29 is 10.2 Å². The van der Waals surface area contributed by atoms with Gasteiger partial charge in [-0.1, -0.05) is 6.07 Å². The van der Waals surface area contributed by atoms with E-state index in [1.807, 2.05) is 19.1 Å². The Labute approximate surface area is 88.3 Å². The molecule has 3 N–H and O–H groups in total. The summed E-state index contributed by atoms with van der Waals surface area (Å²) in [7, 11) is 0. The van der Waals surface area contributed by atoms with Gasteiger partial charge in [-0.2, -0.15) is 0 Å². The van der Waals surface area contributed by atoms with Crippen molar-refractivity contribution in [1.82, 2.24) is 0 Å². The van der Waals surface area contributed by atoms with Gasteiger partial charge in [0.1, 0.15) is 5.75 Å². The van der Waals surface area contributed by atoms with E-state index in [1.54, 1.807) is 6.07 Å². The number of phenolic OH excluding ortho intramolecular Hbond substituents is 1. The topological polar surface area (TPSA) is 52.5 Å². The first kappa shape index (κ1) is 11.1. The molecular weight excluding hydrogens is 202 g/mol. The van der Waals surface area contributed by atoms with Gasteiger partial charge in [-0.3, -0.25) is 0 Å². The Balaban J connectivity index is 2.62. The lowest BCUT2D eigenvalue weighted by Gasteiger charge is -2.11. The maximum atomic E-state index is 9.44. The van der Waals surface area contributed by atoms with Crippen LogP contribution in [-0.4, -0.2) is 28.7 Å². The monoisotopic (exact) mass is 215 g/mol. The second-order valence-electron chi connectivity index (χ2n) is 3.21. The fraction of sp³-hybridized carbons (Fsp3) is 0.400. The molecule has 0 bridgehead atoms.